The molecule has 0 N–H and O–H groups in total. The fourth-order valence-electron chi connectivity index (χ4n) is 29.0. The number of amides is 10. The number of allylic oxidation sites excluding steroid dienone is 12. The Kier molecular flexibility index (Phi) is 31.4. The number of imide groups is 5. The molecule has 6 radical (unpaired) electrons. The van der Waals surface area contributed by atoms with Gasteiger partial charge in [-0.3, -0.25) is 72.4 Å². The zero-order valence-corrected chi connectivity index (χ0v) is 77.6. The van der Waals surface area contributed by atoms with Crippen LogP contribution in [-0.4, -0.2) is 158 Å². The Hall–Kier alpha value is -7.27. The summed E-state index contributed by atoms with van der Waals surface area (Å²) in [5, 5.41) is 0. The van der Waals surface area contributed by atoms with Gasteiger partial charge >= 0.3 is 0 Å². The van der Waals surface area contributed by atoms with Gasteiger partial charge in [0.05, 0.1) is 89.3 Å². The Bertz CT molecular complexity index is 4270. The maximum Gasteiger partial charge on any atom is 0.234 e. The summed E-state index contributed by atoms with van der Waals surface area (Å²) in [5.74, 6) is -0.285. The van der Waals surface area contributed by atoms with Crippen molar-refractivity contribution in [2.24, 2.45) is 183 Å². The Morgan fingerprint density at radius 2 is 0.500 bits per heavy atom. The first-order valence-electron chi connectivity index (χ1n) is 48.8. The number of hydrogen-bond donors (Lipinski definition) is 0. The van der Waals surface area contributed by atoms with Crippen molar-refractivity contribution in [2.45, 2.75) is 219 Å². The smallest absolute Gasteiger partial charge is 0.234 e. The number of rotatable bonds is 34. The topological polar surface area (TPSA) is 190 Å². The number of fused-ring (bicyclic) bond motifs is 6. The fourth-order valence-corrected chi connectivity index (χ4v) is 29.0. The highest BCUT2D eigenvalue weighted by Crippen LogP contribution is 2.59. The molecule has 10 amide bonds. The molecule has 124 heavy (non-hydrogen) atoms. The van der Waals surface area contributed by atoms with E-state index < -0.39 is 41.4 Å². The number of hydrogen-bond acceptors (Lipinski definition) is 11. The molecule has 13 aliphatic rings. The third-order valence-corrected chi connectivity index (χ3v) is 35.2. The van der Waals surface area contributed by atoms with Crippen molar-refractivity contribution >= 4 is 82.6 Å². The van der Waals surface area contributed by atoms with Crippen molar-refractivity contribution in [1.29, 1.82) is 0 Å². The highest BCUT2D eigenvalue weighted by atomic mass is 16.2. The Morgan fingerprint density at radius 1 is 0.282 bits per heavy atom. The zero-order valence-electron chi connectivity index (χ0n) is 77.6. The van der Waals surface area contributed by atoms with E-state index >= 15 is 0 Å². The molecule has 1 aromatic carbocycles. The summed E-state index contributed by atoms with van der Waals surface area (Å²) < 4.78 is 0. The molecule has 7 saturated carbocycles. The van der Waals surface area contributed by atoms with E-state index in [1.165, 1.54) is 76.4 Å². The van der Waals surface area contributed by atoms with Crippen LogP contribution in [0.15, 0.2) is 112 Å². The van der Waals surface area contributed by atoms with Crippen molar-refractivity contribution in [3.63, 3.8) is 0 Å². The van der Waals surface area contributed by atoms with E-state index in [4.69, 9.17) is 23.5 Å². The van der Waals surface area contributed by atoms with Crippen molar-refractivity contribution in [3.05, 3.63) is 146 Å². The van der Waals surface area contributed by atoms with Crippen LogP contribution in [0.3, 0.4) is 0 Å². The van der Waals surface area contributed by atoms with Gasteiger partial charge in [-0.1, -0.05) is 195 Å². The Morgan fingerprint density at radius 3 is 0.742 bits per heavy atom. The highest BCUT2D eigenvalue weighted by Gasteiger charge is 2.64. The molecule has 0 spiro atoms. The largest absolute Gasteiger partial charge is 0.302 e. The van der Waals surface area contributed by atoms with Gasteiger partial charge in [-0.15, -0.1) is 39.5 Å². The molecule has 6 heterocycles. The minimum Gasteiger partial charge on any atom is -0.302 e. The summed E-state index contributed by atoms with van der Waals surface area (Å²) in [7, 11) is 17.2. The van der Waals surface area contributed by atoms with Crippen molar-refractivity contribution < 1.29 is 47.9 Å². The lowest BCUT2D eigenvalue weighted by atomic mass is 9.53. The molecule has 666 valence electrons. The molecule has 14 rings (SSSR count). The van der Waals surface area contributed by atoms with Crippen LogP contribution >= 0.6 is 0 Å². The number of carbonyl (C=O) groups is 10. The van der Waals surface area contributed by atoms with E-state index in [1.54, 1.807) is 22.0 Å². The minimum atomic E-state index is -0.461. The first kappa shape index (κ1) is 95.8. The molecular formula is C105H147B3N6O10. The molecule has 7 aliphatic carbocycles. The molecule has 16 nitrogen and oxygen atoms in total. The summed E-state index contributed by atoms with van der Waals surface area (Å²) in [6.07, 6.45) is 42.6. The van der Waals surface area contributed by atoms with Crippen LogP contribution in [0.1, 0.15) is 213 Å². The lowest BCUT2D eigenvalue weighted by molar-refractivity contribution is -0.145. The summed E-state index contributed by atoms with van der Waals surface area (Å²) >= 11 is 0. The molecule has 28 atom stereocenters. The predicted molar refractivity (Wildman–Crippen MR) is 495 cm³/mol. The molecule has 1 aromatic rings. The summed E-state index contributed by atoms with van der Waals surface area (Å²) in [6, 6.07) is 0. The molecule has 6 aliphatic heterocycles. The van der Waals surface area contributed by atoms with Crippen LogP contribution < -0.4 is 0 Å². The van der Waals surface area contributed by atoms with Crippen molar-refractivity contribution in [3.8, 4) is 0 Å². The van der Waals surface area contributed by atoms with Gasteiger partial charge < -0.3 is 4.90 Å². The Balaban J connectivity index is 0.000000172. The van der Waals surface area contributed by atoms with Gasteiger partial charge in [0.25, 0.3) is 0 Å². The van der Waals surface area contributed by atoms with Crippen molar-refractivity contribution in [1.82, 2.24) is 29.4 Å². The first-order chi connectivity index (χ1) is 59.7. The van der Waals surface area contributed by atoms with E-state index in [9.17, 15) is 47.9 Å². The van der Waals surface area contributed by atoms with E-state index in [1.807, 2.05) is 24.3 Å². The van der Waals surface area contributed by atoms with Crippen molar-refractivity contribution in [2.75, 3.05) is 45.5 Å². The first-order valence-corrected chi connectivity index (χ1v) is 48.8. The van der Waals surface area contributed by atoms with Crippen LogP contribution in [0.5, 0.6) is 0 Å². The Labute approximate surface area is 748 Å². The molecule has 0 bridgehead atoms. The molecule has 13 fully saturated rings. The maximum atomic E-state index is 14.3. The van der Waals surface area contributed by atoms with Gasteiger partial charge in [-0.05, 0) is 266 Å². The van der Waals surface area contributed by atoms with E-state index in [0.717, 1.165) is 87.6 Å². The average Bonchev–Trinajstić information content (AvgIpc) is 1.30. The predicted octanol–water partition coefficient (Wildman–Crippen LogP) is 16.5. The minimum absolute atomic E-state index is 0.0166. The second-order valence-corrected chi connectivity index (χ2v) is 39.4. The van der Waals surface area contributed by atoms with E-state index in [-0.39, 0.29) is 155 Å². The normalized spacial score (nSPS) is 37.3. The van der Waals surface area contributed by atoms with Gasteiger partial charge in [0.1, 0.15) is 0 Å². The SMILES string of the molecule is [B]CN1C(=O)C2C(C=C)CC(/C=C\C3CC(C=C)C4C(=O)N(CC5C(CC)C(CC)C(CC)C(CC)C5CC)C(=O)C34)C2C1=O.[B]CN1C(=O)C2C(C=C)CC(/C=C\C3CC(C=C)C4C(=O)N(Cc5c(CC)c(CC)c(CC)c(CC)c5CC)C(=O)C34)C2C1=O.[B]CN1C(=O)C2C(C=C)CC(/C=C\C3CC(C=C)C4CN(CC(CC)(CC)CC)CC34)C2C1=O. The number of likely N-dealkylation sites (tertiary alicyclic amines) is 6. The summed E-state index contributed by atoms with van der Waals surface area (Å²) in [4.78, 5) is 144. The second kappa shape index (κ2) is 40.6. The summed E-state index contributed by atoms with van der Waals surface area (Å²) in [5.41, 5.74) is 8.39. The van der Waals surface area contributed by atoms with Crippen LogP contribution in [0.4, 0.5) is 0 Å². The van der Waals surface area contributed by atoms with Gasteiger partial charge in [-0.2, -0.15) is 0 Å². The monoisotopic (exact) mass is 1690 g/mol. The van der Waals surface area contributed by atoms with Crippen LogP contribution in [0.2, 0.25) is 0 Å². The van der Waals surface area contributed by atoms with Crippen LogP contribution in [0.25, 0.3) is 0 Å². The zero-order chi connectivity index (χ0) is 90.1. The van der Waals surface area contributed by atoms with Gasteiger partial charge in [0.15, 0.2) is 0 Å². The lowest BCUT2D eigenvalue weighted by Gasteiger charge is -2.53. The third kappa shape index (κ3) is 16.5. The van der Waals surface area contributed by atoms with Gasteiger partial charge in [0, 0.05) is 26.2 Å². The van der Waals surface area contributed by atoms with Crippen LogP contribution in [0, 0.1) is 183 Å². The molecular weight excluding hydrogens is 1540 g/mol. The number of benzene rings is 1. The lowest BCUT2D eigenvalue weighted by Crippen LogP contribution is -2.51. The summed E-state index contributed by atoms with van der Waals surface area (Å²) in [6.45, 7) is 58.1. The highest BCUT2D eigenvalue weighted by molar-refractivity contribution is 6.17. The van der Waals surface area contributed by atoms with Crippen LogP contribution in [-0.2, 0) is 86.6 Å². The molecule has 19 heteroatoms. The average molecular weight is 1690 g/mol. The number of nitrogens with zero attached hydrogens (tertiary/aromatic N) is 6. The molecule has 0 aromatic heterocycles. The second-order valence-electron chi connectivity index (χ2n) is 39.4. The fraction of sp³-hybridized carbons (Fsp3) is 0.676. The van der Waals surface area contributed by atoms with Gasteiger partial charge in [0.2, 0.25) is 59.1 Å². The van der Waals surface area contributed by atoms with E-state index in [0.29, 0.717) is 103 Å². The maximum absolute atomic E-state index is 14.3. The number of carbonyl (C=O) groups excluding carboxylic acids is 10. The molecule has 6 saturated heterocycles. The quantitative estimate of drug-likeness (QED) is 0.0362. The molecule has 28 unspecified atom stereocenters. The standard InChI is InChI=1S/C38H55BN2O4.C38H49BN2O4.C29H43BN2O2/c2*1-8-21-17-23(15-16-24-18-22(9-2)32-34(24)38(45)41(20-39)37(32)44)33-31(21)35(42)40(36(33)43)19-30-28(13-6)26(11-4)25(10-3)27(12-5)29(30)14-7;1-6-19-13-21(24-16-31(15-23(19)24)17-29(8-3,9-4)10-5)11-12-22-14-20(7-2)25-26(22)28(34)32(18-30)27(25)33/h8-9,15-16,21-34H,1-2,10-14,17-20H2,3-7H3;8-9,15-16,21-24,31-34H,1-2,10-14,17-20H2,3-7H3;6-7,11-12,19-26H,1-2,8-10,13-18H2,3-5H3/b2*16-15-;12-11-. The third-order valence-electron chi connectivity index (χ3n) is 35.2. The van der Waals surface area contributed by atoms with Gasteiger partial charge in [-0.25, -0.2) is 0 Å². The van der Waals surface area contributed by atoms with E-state index in [2.05, 4.69) is 171 Å².